The van der Waals surface area contributed by atoms with Crippen LogP contribution in [0.3, 0.4) is 0 Å². The SMILES string of the molecule is CCC(C(Nc1ccccc1)c1ccccc1)[N+](=O)[O-]. The van der Waals surface area contributed by atoms with Gasteiger partial charge in [0.25, 0.3) is 0 Å². The molecular formula is C16H18N2O2. The van der Waals surface area contributed by atoms with E-state index >= 15 is 0 Å². The van der Waals surface area contributed by atoms with E-state index in [2.05, 4.69) is 5.32 Å². The summed E-state index contributed by atoms with van der Waals surface area (Å²) in [4.78, 5) is 11.1. The molecule has 4 heteroatoms. The van der Waals surface area contributed by atoms with Gasteiger partial charge in [-0.1, -0.05) is 55.5 Å². The molecule has 0 aliphatic carbocycles. The van der Waals surface area contributed by atoms with Crippen LogP contribution in [0, 0.1) is 10.1 Å². The first-order chi connectivity index (χ1) is 9.72. The summed E-state index contributed by atoms with van der Waals surface area (Å²) in [6, 6.07) is 18.2. The van der Waals surface area contributed by atoms with Crippen LogP contribution in [0.25, 0.3) is 0 Å². The predicted molar refractivity (Wildman–Crippen MR) is 80.3 cm³/mol. The van der Waals surface area contributed by atoms with E-state index in [0.29, 0.717) is 6.42 Å². The summed E-state index contributed by atoms with van der Waals surface area (Å²) < 4.78 is 0. The third-order valence-corrected chi connectivity index (χ3v) is 3.33. The lowest BCUT2D eigenvalue weighted by Gasteiger charge is -2.23. The van der Waals surface area contributed by atoms with Crippen LogP contribution in [-0.4, -0.2) is 11.0 Å². The number of hydrogen-bond donors (Lipinski definition) is 1. The molecule has 4 nitrogen and oxygen atoms in total. The minimum absolute atomic E-state index is 0.201. The highest BCUT2D eigenvalue weighted by Gasteiger charge is 2.30. The number of nitro groups is 1. The maximum absolute atomic E-state index is 11.3. The molecule has 0 bridgehead atoms. The van der Waals surface area contributed by atoms with Crippen LogP contribution in [-0.2, 0) is 0 Å². The molecular weight excluding hydrogens is 252 g/mol. The van der Waals surface area contributed by atoms with Crippen molar-refractivity contribution in [3.63, 3.8) is 0 Å². The molecule has 0 aromatic heterocycles. The molecule has 0 saturated heterocycles. The molecule has 2 rings (SSSR count). The molecule has 0 radical (unpaired) electrons. The number of hydrogen-bond acceptors (Lipinski definition) is 3. The van der Waals surface area contributed by atoms with Gasteiger partial charge in [0.05, 0.1) is 0 Å². The summed E-state index contributed by atoms with van der Waals surface area (Å²) in [5.41, 5.74) is 1.82. The maximum Gasteiger partial charge on any atom is 0.236 e. The Bertz CT molecular complexity index is 543. The highest BCUT2D eigenvalue weighted by atomic mass is 16.6. The first-order valence-electron chi connectivity index (χ1n) is 6.72. The van der Waals surface area contributed by atoms with Gasteiger partial charge in [-0.05, 0) is 17.7 Å². The summed E-state index contributed by atoms with van der Waals surface area (Å²) in [6.07, 6.45) is 0.479. The summed E-state index contributed by atoms with van der Waals surface area (Å²) in [5.74, 6) is 0. The van der Waals surface area contributed by atoms with E-state index in [1.165, 1.54) is 0 Å². The van der Waals surface area contributed by atoms with Gasteiger partial charge in [-0.15, -0.1) is 0 Å². The van der Waals surface area contributed by atoms with Gasteiger partial charge in [-0.2, -0.15) is 0 Å². The van der Waals surface area contributed by atoms with E-state index < -0.39 is 6.04 Å². The minimum Gasteiger partial charge on any atom is -0.372 e. The molecule has 2 unspecified atom stereocenters. The van der Waals surface area contributed by atoms with Gasteiger partial charge < -0.3 is 5.32 Å². The van der Waals surface area contributed by atoms with Crippen molar-refractivity contribution in [1.82, 2.24) is 0 Å². The molecule has 104 valence electrons. The number of anilines is 1. The fourth-order valence-corrected chi connectivity index (χ4v) is 2.28. The fraction of sp³-hybridized carbons (Fsp3) is 0.250. The van der Waals surface area contributed by atoms with Crippen LogP contribution in [0.15, 0.2) is 60.7 Å². The van der Waals surface area contributed by atoms with Crippen LogP contribution in [0.4, 0.5) is 5.69 Å². The maximum atomic E-state index is 11.3. The van der Waals surface area contributed by atoms with Gasteiger partial charge in [0.1, 0.15) is 6.04 Å². The summed E-state index contributed by atoms with van der Waals surface area (Å²) in [5, 5.41) is 14.6. The predicted octanol–water partition coefficient (Wildman–Crippen LogP) is 3.90. The van der Waals surface area contributed by atoms with Crippen molar-refractivity contribution >= 4 is 5.69 Å². The number of nitrogens with one attached hydrogen (secondary N) is 1. The third-order valence-electron chi connectivity index (χ3n) is 3.33. The van der Waals surface area contributed by atoms with Gasteiger partial charge >= 0.3 is 0 Å². The molecule has 0 fully saturated rings. The Morgan fingerprint density at radius 2 is 1.60 bits per heavy atom. The summed E-state index contributed by atoms with van der Waals surface area (Å²) >= 11 is 0. The van der Waals surface area contributed by atoms with Gasteiger partial charge in [-0.3, -0.25) is 10.1 Å². The van der Waals surface area contributed by atoms with Crippen molar-refractivity contribution in [1.29, 1.82) is 0 Å². The highest BCUT2D eigenvalue weighted by Crippen LogP contribution is 2.25. The normalized spacial score (nSPS) is 13.4. The molecule has 0 aliphatic rings. The molecule has 2 aromatic rings. The number of para-hydroxylation sites is 1. The molecule has 0 aliphatic heterocycles. The Kier molecular flexibility index (Phi) is 4.71. The van der Waals surface area contributed by atoms with E-state index in [9.17, 15) is 10.1 Å². The van der Waals surface area contributed by atoms with Crippen LogP contribution < -0.4 is 5.32 Å². The Morgan fingerprint density at radius 3 is 2.10 bits per heavy atom. The van der Waals surface area contributed by atoms with Crippen molar-refractivity contribution in [2.75, 3.05) is 5.32 Å². The second-order valence-electron chi connectivity index (χ2n) is 4.66. The lowest BCUT2D eigenvalue weighted by Crippen LogP contribution is -2.32. The van der Waals surface area contributed by atoms with E-state index in [-0.39, 0.29) is 11.0 Å². The molecule has 0 amide bonds. The standard InChI is InChI=1S/C16H18N2O2/c1-2-15(18(19)20)16(13-9-5-3-6-10-13)17-14-11-7-4-8-12-14/h3-12,15-17H,2H2,1H3. The molecule has 1 N–H and O–H groups in total. The number of rotatable bonds is 6. The molecule has 0 saturated carbocycles. The number of nitrogens with zero attached hydrogens (tertiary/aromatic N) is 1. The Morgan fingerprint density at radius 1 is 1.05 bits per heavy atom. The summed E-state index contributed by atoms with van der Waals surface area (Å²) in [6.45, 7) is 1.84. The molecule has 0 spiro atoms. The Labute approximate surface area is 118 Å². The van der Waals surface area contributed by atoms with E-state index in [0.717, 1.165) is 11.3 Å². The van der Waals surface area contributed by atoms with Crippen LogP contribution in [0.2, 0.25) is 0 Å². The van der Waals surface area contributed by atoms with Crippen LogP contribution >= 0.6 is 0 Å². The first kappa shape index (κ1) is 14.1. The summed E-state index contributed by atoms with van der Waals surface area (Å²) in [7, 11) is 0. The van der Waals surface area contributed by atoms with Gasteiger partial charge in [-0.25, -0.2) is 0 Å². The third kappa shape index (κ3) is 3.35. The van der Waals surface area contributed by atoms with Gasteiger partial charge in [0, 0.05) is 17.0 Å². The zero-order valence-corrected chi connectivity index (χ0v) is 11.4. The lowest BCUT2D eigenvalue weighted by molar-refractivity contribution is -0.526. The Hall–Kier alpha value is -2.36. The van der Waals surface area contributed by atoms with Crippen LogP contribution in [0.5, 0.6) is 0 Å². The van der Waals surface area contributed by atoms with Crippen molar-refractivity contribution in [2.45, 2.75) is 25.4 Å². The fourth-order valence-electron chi connectivity index (χ4n) is 2.28. The molecule has 0 heterocycles. The average molecular weight is 270 g/mol. The van der Waals surface area contributed by atoms with Crippen molar-refractivity contribution in [2.24, 2.45) is 0 Å². The van der Waals surface area contributed by atoms with Gasteiger partial charge in [0.2, 0.25) is 6.04 Å². The van der Waals surface area contributed by atoms with Gasteiger partial charge in [0.15, 0.2) is 0 Å². The lowest BCUT2D eigenvalue weighted by atomic mass is 9.97. The molecule has 20 heavy (non-hydrogen) atoms. The van der Waals surface area contributed by atoms with Crippen molar-refractivity contribution in [3.05, 3.63) is 76.3 Å². The zero-order chi connectivity index (χ0) is 14.4. The molecule has 2 atom stereocenters. The smallest absolute Gasteiger partial charge is 0.236 e. The quantitative estimate of drug-likeness (QED) is 0.640. The monoisotopic (exact) mass is 270 g/mol. The minimum atomic E-state index is -0.655. The highest BCUT2D eigenvalue weighted by molar-refractivity contribution is 5.45. The van der Waals surface area contributed by atoms with Crippen LogP contribution in [0.1, 0.15) is 24.9 Å². The average Bonchev–Trinajstić information content (AvgIpc) is 2.48. The second-order valence-corrected chi connectivity index (χ2v) is 4.66. The van der Waals surface area contributed by atoms with Crippen molar-refractivity contribution in [3.8, 4) is 0 Å². The Balaban J connectivity index is 2.31. The largest absolute Gasteiger partial charge is 0.372 e. The van der Waals surface area contributed by atoms with E-state index in [1.807, 2.05) is 67.6 Å². The number of benzene rings is 2. The first-order valence-corrected chi connectivity index (χ1v) is 6.72. The second kappa shape index (κ2) is 6.70. The zero-order valence-electron chi connectivity index (χ0n) is 11.4. The van der Waals surface area contributed by atoms with E-state index in [4.69, 9.17) is 0 Å². The van der Waals surface area contributed by atoms with Crippen molar-refractivity contribution < 1.29 is 4.92 Å². The van der Waals surface area contributed by atoms with E-state index in [1.54, 1.807) is 0 Å². The molecule has 2 aromatic carbocycles. The topological polar surface area (TPSA) is 55.2 Å².